The molecule has 1 aliphatic rings. The van der Waals surface area contributed by atoms with E-state index in [2.05, 4.69) is 10.3 Å². The lowest BCUT2D eigenvalue weighted by Crippen LogP contribution is -2.41. The highest BCUT2D eigenvalue weighted by atomic mass is 32.1. The maximum Gasteiger partial charge on any atom is 0.239 e. The van der Waals surface area contributed by atoms with Crippen LogP contribution in [0.15, 0.2) is 10.9 Å². The van der Waals surface area contributed by atoms with Crippen molar-refractivity contribution < 1.29 is 4.79 Å². The summed E-state index contributed by atoms with van der Waals surface area (Å²) in [4.78, 5) is 17.8. The van der Waals surface area contributed by atoms with Gasteiger partial charge in [0.15, 0.2) is 0 Å². The first-order chi connectivity index (χ1) is 7.27. The molecule has 0 saturated carbocycles. The number of amides is 1. The van der Waals surface area contributed by atoms with E-state index in [0.29, 0.717) is 6.54 Å². The van der Waals surface area contributed by atoms with Gasteiger partial charge in [0.25, 0.3) is 0 Å². The second-order valence-electron chi connectivity index (χ2n) is 3.82. The number of carbonyl (C=O) groups is 1. The van der Waals surface area contributed by atoms with Gasteiger partial charge in [0.1, 0.15) is 0 Å². The molecule has 1 aromatic heterocycles. The van der Waals surface area contributed by atoms with Crippen molar-refractivity contribution in [2.45, 2.75) is 25.4 Å². The molecule has 82 valence electrons. The first-order valence-electron chi connectivity index (χ1n) is 5.13. The summed E-state index contributed by atoms with van der Waals surface area (Å²) >= 11 is 1.56. The predicted octanol–water partition coefficient (Wildman–Crippen LogP) is 0.853. The summed E-state index contributed by atoms with van der Waals surface area (Å²) < 4.78 is 0. The van der Waals surface area contributed by atoms with Crippen LogP contribution in [0.4, 0.5) is 0 Å². The molecule has 2 heterocycles. The molecule has 0 radical (unpaired) electrons. The highest BCUT2D eigenvalue weighted by molar-refractivity contribution is 7.07. The molecule has 1 atom stereocenters. The van der Waals surface area contributed by atoms with Gasteiger partial charge in [-0.3, -0.25) is 4.79 Å². The zero-order valence-electron chi connectivity index (χ0n) is 8.77. The zero-order valence-corrected chi connectivity index (χ0v) is 9.59. The highest BCUT2D eigenvalue weighted by Gasteiger charge is 2.24. The van der Waals surface area contributed by atoms with Crippen LogP contribution in [-0.4, -0.2) is 35.4 Å². The number of nitrogens with zero attached hydrogens (tertiary/aromatic N) is 2. The van der Waals surface area contributed by atoms with E-state index in [4.69, 9.17) is 0 Å². The molecule has 0 aliphatic carbocycles. The molecule has 5 heteroatoms. The Kier molecular flexibility index (Phi) is 3.33. The normalized spacial score (nSPS) is 20.5. The molecule has 1 saturated heterocycles. The van der Waals surface area contributed by atoms with Gasteiger partial charge in [0.2, 0.25) is 5.91 Å². The highest BCUT2D eigenvalue weighted by Crippen LogP contribution is 2.10. The van der Waals surface area contributed by atoms with Crippen molar-refractivity contribution in [2.24, 2.45) is 0 Å². The molecule has 2 rings (SSSR count). The Bertz CT molecular complexity index is 319. The van der Waals surface area contributed by atoms with Crippen LogP contribution in [0.5, 0.6) is 0 Å². The minimum Gasteiger partial charge on any atom is -0.338 e. The average Bonchev–Trinajstić information content (AvgIpc) is 2.88. The Morgan fingerprint density at radius 3 is 3.27 bits per heavy atom. The van der Waals surface area contributed by atoms with Crippen LogP contribution in [0.3, 0.4) is 0 Å². The van der Waals surface area contributed by atoms with Gasteiger partial charge in [-0.1, -0.05) is 0 Å². The van der Waals surface area contributed by atoms with E-state index in [1.54, 1.807) is 21.7 Å². The Labute approximate surface area is 93.3 Å². The van der Waals surface area contributed by atoms with Crippen molar-refractivity contribution in [2.75, 3.05) is 13.6 Å². The van der Waals surface area contributed by atoms with E-state index < -0.39 is 0 Å². The van der Waals surface area contributed by atoms with Crippen molar-refractivity contribution in [1.29, 1.82) is 0 Å². The molecule has 0 aromatic carbocycles. The number of likely N-dealkylation sites (N-methyl/N-ethyl adjacent to an activating group) is 1. The molecule has 0 spiro atoms. The Morgan fingerprint density at radius 1 is 1.80 bits per heavy atom. The van der Waals surface area contributed by atoms with Gasteiger partial charge in [-0.15, -0.1) is 11.3 Å². The van der Waals surface area contributed by atoms with E-state index >= 15 is 0 Å². The van der Waals surface area contributed by atoms with E-state index in [9.17, 15) is 4.79 Å². The molecule has 1 unspecified atom stereocenters. The maximum absolute atomic E-state index is 11.9. The predicted molar refractivity (Wildman–Crippen MR) is 59.6 cm³/mol. The monoisotopic (exact) mass is 225 g/mol. The van der Waals surface area contributed by atoms with Gasteiger partial charge in [-0.05, 0) is 19.4 Å². The molecule has 15 heavy (non-hydrogen) atoms. The largest absolute Gasteiger partial charge is 0.338 e. The van der Waals surface area contributed by atoms with Gasteiger partial charge >= 0.3 is 0 Å². The van der Waals surface area contributed by atoms with Crippen molar-refractivity contribution in [3.05, 3.63) is 16.6 Å². The lowest BCUT2D eigenvalue weighted by molar-refractivity contribution is -0.132. The minimum absolute atomic E-state index is 0.0219. The number of nitrogens with one attached hydrogen (secondary N) is 1. The fourth-order valence-electron chi connectivity index (χ4n) is 1.80. The van der Waals surface area contributed by atoms with Crippen LogP contribution in [0.25, 0.3) is 0 Å². The number of aromatic nitrogens is 1. The zero-order chi connectivity index (χ0) is 10.7. The summed E-state index contributed by atoms with van der Waals surface area (Å²) in [6.07, 6.45) is 2.06. The summed E-state index contributed by atoms with van der Waals surface area (Å²) in [6.45, 7) is 1.57. The molecule has 1 N–H and O–H groups in total. The quantitative estimate of drug-likeness (QED) is 0.829. The number of thiazole rings is 1. The van der Waals surface area contributed by atoms with Gasteiger partial charge in [0.05, 0.1) is 23.8 Å². The summed E-state index contributed by atoms with van der Waals surface area (Å²) in [6, 6.07) is 0.0219. The fourth-order valence-corrected chi connectivity index (χ4v) is 2.35. The van der Waals surface area contributed by atoms with Crippen molar-refractivity contribution in [1.82, 2.24) is 15.2 Å². The van der Waals surface area contributed by atoms with Crippen LogP contribution in [0.2, 0.25) is 0 Å². The van der Waals surface area contributed by atoms with Crippen molar-refractivity contribution in [3.8, 4) is 0 Å². The third kappa shape index (κ3) is 2.54. The standard InChI is InChI=1S/C10H15N3OS/c1-13(5-8-6-15-7-12-8)10(14)9-3-2-4-11-9/h6-7,9,11H,2-5H2,1H3. The second kappa shape index (κ2) is 4.72. The van der Waals surface area contributed by atoms with Crippen molar-refractivity contribution in [3.63, 3.8) is 0 Å². The van der Waals surface area contributed by atoms with Crippen LogP contribution in [-0.2, 0) is 11.3 Å². The number of rotatable bonds is 3. The molecule has 1 amide bonds. The third-order valence-corrected chi connectivity index (χ3v) is 3.25. The molecule has 4 nitrogen and oxygen atoms in total. The SMILES string of the molecule is CN(Cc1cscn1)C(=O)C1CCCN1. The van der Waals surface area contributed by atoms with E-state index in [1.165, 1.54) is 0 Å². The van der Waals surface area contributed by atoms with E-state index in [0.717, 1.165) is 25.1 Å². The first kappa shape index (κ1) is 10.6. The number of hydrogen-bond acceptors (Lipinski definition) is 4. The van der Waals surface area contributed by atoms with Crippen LogP contribution < -0.4 is 5.32 Å². The summed E-state index contributed by atoms with van der Waals surface area (Å²) in [5.74, 6) is 0.181. The number of carbonyl (C=O) groups excluding carboxylic acids is 1. The van der Waals surface area contributed by atoms with Crippen molar-refractivity contribution >= 4 is 17.2 Å². The van der Waals surface area contributed by atoms with Gasteiger partial charge in [-0.25, -0.2) is 4.98 Å². The maximum atomic E-state index is 11.9. The first-order valence-corrected chi connectivity index (χ1v) is 6.07. The lowest BCUT2D eigenvalue weighted by atomic mass is 10.2. The van der Waals surface area contributed by atoms with Crippen LogP contribution in [0.1, 0.15) is 18.5 Å². The molecular formula is C10H15N3OS. The van der Waals surface area contributed by atoms with Gasteiger partial charge in [-0.2, -0.15) is 0 Å². The van der Waals surface area contributed by atoms with E-state index in [-0.39, 0.29) is 11.9 Å². The summed E-state index contributed by atoms with van der Waals surface area (Å²) in [7, 11) is 1.84. The molecular weight excluding hydrogens is 210 g/mol. The second-order valence-corrected chi connectivity index (χ2v) is 4.54. The topological polar surface area (TPSA) is 45.2 Å². The fraction of sp³-hybridized carbons (Fsp3) is 0.600. The Balaban J connectivity index is 1.89. The smallest absolute Gasteiger partial charge is 0.239 e. The van der Waals surface area contributed by atoms with Crippen LogP contribution >= 0.6 is 11.3 Å². The molecule has 0 bridgehead atoms. The number of hydrogen-bond donors (Lipinski definition) is 1. The average molecular weight is 225 g/mol. The summed E-state index contributed by atoms with van der Waals surface area (Å²) in [5.41, 5.74) is 2.76. The van der Waals surface area contributed by atoms with Gasteiger partial charge in [0, 0.05) is 12.4 Å². The van der Waals surface area contributed by atoms with Gasteiger partial charge < -0.3 is 10.2 Å². The summed E-state index contributed by atoms with van der Waals surface area (Å²) in [5, 5.41) is 5.19. The molecule has 1 aromatic rings. The Hall–Kier alpha value is -0.940. The van der Waals surface area contributed by atoms with E-state index in [1.807, 2.05) is 12.4 Å². The molecule has 1 fully saturated rings. The molecule has 1 aliphatic heterocycles. The van der Waals surface area contributed by atoms with Crippen LogP contribution in [0, 0.1) is 0 Å². The minimum atomic E-state index is 0.0219. The third-order valence-electron chi connectivity index (χ3n) is 2.62. The Morgan fingerprint density at radius 2 is 2.67 bits per heavy atom. The lowest BCUT2D eigenvalue weighted by Gasteiger charge is -2.20.